The van der Waals surface area contributed by atoms with E-state index in [1.54, 1.807) is 0 Å². The molecule has 2 aliphatic rings. The Labute approximate surface area is 115 Å². The van der Waals surface area contributed by atoms with E-state index >= 15 is 0 Å². The highest BCUT2D eigenvalue weighted by molar-refractivity contribution is 5.30. The van der Waals surface area contributed by atoms with Crippen LogP contribution in [-0.4, -0.2) is 36.7 Å². The van der Waals surface area contributed by atoms with Gasteiger partial charge in [-0.1, -0.05) is 31.2 Å². The predicted octanol–water partition coefficient (Wildman–Crippen LogP) is 2.11. The topological polar surface area (TPSA) is 38.5 Å². The smallest absolute Gasteiger partial charge is 0.0707 e. The van der Waals surface area contributed by atoms with E-state index in [2.05, 4.69) is 36.1 Å². The average molecular weight is 260 g/mol. The number of fused-ring (bicyclic) bond motifs is 2. The van der Waals surface area contributed by atoms with Gasteiger partial charge in [0.05, 0.1) is 12.2 Å². The Kier molecular flexibility index (Phi) is 3.87. The maximum Gasteiger partial charge on any atom is 0.0707 e. The van der Waals surface area contributed by atoms with Gasteiger partial charge in [0.25, 0.3) is 0 Å². The van der Waals surface area contributed by atoms with Gasteiger partial charge < -0.3 is 10.5 Å². The van der Waals surface area contributed by atoms with Gasteiger partial charge in [0.1, 0.15) is 0 Å². The zero-order chi connectivity index (χ0) is 13.2. The molecular formula is C16H24N2O. The summed E-state index contributed by atoms with van der Waals surface area (Å²) in [6.07, 6.45) is 4.37. The van der Waals surface area contributed by atoms with E-state index in [9.17, 15) is 0 Å². The Balaban J connectivity index is 1.84. The van der Waals surface area contributed by atoms with Gasteiger partial charge in [0.2, 0.25) is 0 Å². The average Bonchev–Trinajstić information content (AvgIpc) is 2.79. The van der Waals surface area contributed by atoms with Crippen molar-refractivity contribution < 1.29 is 4.74 Å². The van der Waals surface area contributed by atoms with Crippen LogP contribution >= 0.6 is 0 Å². The van der Waals surface area contributed by atoms with Crippen LogP contribution in [0, 0.1) is 0 Å². The fourth-order valence-corrected chi connectivity index (χ4v) is 3.55. The van der Waals surface area contributed by atoms with Crippen LogP contribution in [0.3, 0.4) is 0 Å². The maximum atomic E-state index is 6.09. The van der Waals surface area contributed by atoms with E-state index in [0.717, 1.165) is 19.5 Å². The summed E-state index contributed by atoms with van der Waals surface area (Å²) in [6.45, 7) is 4.98. The molecule has 3 unspecified atom stereocenters. The molecule has 0 amide bonds. The minimum absolute atomic E-state index is 0.350. The number of hydrogen-bond acceptors (Lipinski definition) is 3. The molecule has 2 bridgehead atoms. The van der Waals surface area contributed by atoms with Crippen molar-refractivity contribution in [3.05, 3.63) is 35.4 Å². The molecule has 0 aromatic heterocycles. The summed E-state index contributed by atoms with van der Waals surface area (Å²) in [5.41, 5.74) is 8.93. The van der Waals surface area contributed by atoms with Crippen molar-refractivity contribution in [2.24, 2.45) is 5.73 Å². The summed E-state index contributed by atoms with van der Waals surface area (Å²) in [7, 11) is 0. The summed E-state index contributed by atoms with van der Waals surface area (Å²) in [5, 5.41) is 0. The van der Waals surface area contributed by atoms with Gasteiger partial charge in [-0.25, -0.2) is 0 Å². The number of nitrogens with zero attached hydrogens (tertiary/aromatic N) is 1. The SMILES string of the molecule is CCc1ccccc1C(CN)N1CC2CCC(C1)O2. The molecular weight excluding hydrogens is 236 g/mol. The highest BCUT2D eigenvalue weighted by Gasteiger charge is 2.36. The Bertz CT molecular complexity index is 423. The molecule has 0 saturated carbocycles. The summed E-state index contributed by atoms with van der Waals surface area (Å²) < 4.78 is 5.93. The molecule has 1 aromatic carbocycles. The van der Waals surface area contributed by atoms with Gasteiger partial charge in [0.15, 0.2) is 0 Å². The molecule has 2 N–H and O–H groups in total. The van der Waals surface area contributed by atoms with Gasteiger partial charge in [0, 0.05) is 25.7 Å². The van der Waals surface area contributed by atoms with Crippen LogP contribution in [0.5, 0.6) is 0 Å². The molecule has 3 heteroatoms. The van der Waals surface area contributed by atoms with Crippen LogP contribution in [0.25, 0.3) is 0 Å². The number of nitrogens with two attached hydrogens (primary N) is 1. The standard InChI is InChI=1S/C16H24N2O/c1-2-12-5-3-4-6-15(12)16(9-17)18-10-13-7-8-14(11-18)19-13/h3-6,13-14,16H,2,7-11,17H2,1H3. The Morgan fingerprint density at radius 3 is 2.58 bits per heavy atom. The maximum absolute atomic E-state index is 6.09. The van der Waals surface area contributed by atoms with Crippen molar-refractivity contribution in [3.63, 3.8) is 0 Å². The summed E-state index contributed by atoms with van der Waals surface area (Å²) in [4.78, 5) is 2.54. The summed E-state index contributed by atoms with van der Waals surface area (Å²) >= 11 is 0. The Morgan fingerprint density at radius 2 is 1.95 bits per heavy atom. The van der Waals surface area contributed by atoms with Crippen molar-refractivity contribution in [1.29, 1.82) is 0 Å². The molecule has 3 atom stereocenters. The van der Waals surface area contributed by atoms with Crippen LogP contribution in [0.1, 0.15) is 36.9 Å². The molecule has 1 aromatic rings. The van der Waals surface area contributed by atoms with Crippen molar-refractivity contribution >= 4 is 0 Å². The zero-order valence-electron chi connectivity index (χ0n) is 11.7. The highest BCUT2D eigenvalue weighted by Crippen LogP contribution is 2.32. The third kappa shape index (κ3) is 2.55. The molecule has 2 aliphatic heterocycles. The summed E-state index contributed by atoms with van der Waals surface area (Å²) in [6, 6.07) is 9.08. The third-order valence-corrected chi connectivity index (χ3v) is 4.53. The van der Waals surface area contributed by atoms with Crippen LogP contribution in [0.2, 0.25) is 0 Å². The van der Waals surface area contributed by atoms with Crippen molar-refractivity contribution in [2.75, 3.05) is 19.6 Å². The first kappa shape index (κ1) is 13.1. The number of aryl methyl sites for hydroxylation is 1. The van der Waals surface area contributed by atoms with Crippen LogP contribution in [-0.2, 0) is 11.2 Å². The first-order chi connectivity index (χ1) is 9.31. The molecule has 2 fully saturated rings. The molecule has 19 heavy (non-hydrogen) atoms. The molecule has 3 nitrogen and oxygen atoms in total. The fraction of sp³-hybridized carbons (Fsp3) is 0.625. The first-order valence-corrected chi connectivity index (χ1v) is 7.49. The normalized spacial score (nSPS) is 28.5. The van der Waals surface area contributed by atoms with Gasteiger partial charge in [-0.2, -0.15) is 0 Å². The fourth-order valence-electron chi connectivity index (χ4n) is 3.55. The van der Waals surface area contributed by atoms with Gasteiger partial charge in [-0.15, -0.1) is 0 Å². The second-order valence-electron chi connectivity index (χ2n) is 5.72. The number of ether oxygens (including phenoxy) is 1. The second-order valence-corrected chi connectivity index (χ2v) is 5.72. The van der Waals surface area contributed by atoms with E-state index < -0.39 is 0 Å². The van der Waals surface area contributed by atoms with Crippen molar-refractivity contribution in [2.45, 2.75) is 44.4 Å². The molecule has 2 heterocycles. The number of rotatable bonds is 4. The number of benzene rings is 1. The van der Waals surface area contributed by atoms with Gasteiger partial charge >= 0.3 is 0 Å². The lowest BCUT2D eigenvalue weighted by Crippen LogP contribution is -2.46. The molecule has 0 spiro atoms. The van der Waals surface area contributed by atoms with Crippen molar-refractivity contribution in [3.8, 4) is 0 Å². The van der Waals surface area contributed by atoms with Crippen LogP contribution in [0.15, 0.2) is 24.3 Å². The number of likely N-dealkylation sites (tertiary alicyclic amines) is 1. The van der Waals surface area contributed by atoms with Crippen LogP contribution in [0.4, 0.5) is 0 Å². The Morgan fingerprint density at radius 1 is 1.26 bits per heavy atom. The monoisotopic (exact) mass is 260 g/mol. The first-order valence-electron chi connectivity index (χ1n) is 7.49. The van der Waals surface area contributed by atoms with Gasteiger partial charge in [-0.05, 0) is 30.4 Å². The molecule has 0 aliphatic carbocycles. The van der Waals surface area contributed by atoms with E-state index in [1.807, 2.05) is 0 Å². The third-order valence-electron chi connectivity index (χ3n) is 4.53. The largest absolute Gasteiger partial charge is 0.372 e. The molecule has 104 valence electrons. The molecule has 0 radical (unpaired) electrons. The van der Waals surface area contributed by atoms with E-state index in [-0.39, 0.29) is 0 Å². The van der Waals surface area contributed by atoms with E-state index in [0.29, 0.717) is 24.8 Å². The van der Waals surface area contributed by atoms with Gasteiger partial charge in [-0.3, -0.25) is 4.90 Å². The molecule has 2 saturated heterocycles. The van der Waals surface area contributed by atoms with Crippen molar-refractivity contribution in [1.82, 2.24) is 4.90 Å². The number of hydrogen-bond donors (Lipinski definition) is 1. The number of morpholine rings is 1. The van der Waals surface area contributed by atoms with E-state index in [1.165, 1.54) is 24.0 Å². The quantitative estimate of drug-likeness (QED) is 0.901. The van der Waals surface area contributed by atoms with E-state index in [4.69, 9.17) is 10.5 Å². The lowest BCUT2D eigenvalue weighted by Gasteiger charge is -2.38. The predicted molar refractivity (Wildman–Crippen MR) is 77.1 cm³/mol. The second kappa shape index (κ2) is 5.61. The highest BCUT2D eigenvalue weighted by atomic mass is 16.5. The minimum Gasteiger partial charge on any atom is -0.372 e. The Hall–Kier alpha value is -0.900. The molecule has 3 rings (SSSR count). The lowest BCUT2D eigenvalue weighted by molar-refractivity contribution is -0.0522. The minimum atomic E-state index is 0.350. The summed E-state index contributed by atoms with van der Waals surface area (Å²) in [5.74, 6) is 0. The zero-order valence-corrected chi connectivity index (χ0v) is 11.7. The lowest BCUT2D eigenvalue weighted by atomic mass is 9.97. The van der Waals surface area contributed by atoms with Crippen LogP contribution < -0.4 is 5.73 Å².